The van der Waals surface area contributed by atoms with Gasteiger partial charge in [0.25, 0.3) is 0 Å². The molecule has 0 aliphatic rings. The molecule has 1 aromatic rings. The highest BCUT2D eigenvalue weighted by molar-refractivity contribution is 6.31. The minimum atomic E-state index is -0.0486. The second kappa shape index (κ2) is 8.82. The van der Waals surface area contributed by atoms with Gasteiger partial charge in [-0.2, -0.15) is 0 Å². The van der Waals surface area contributed by atoms with E-state index >= 15 is 0 Å². The van der Waals surface area contributed by atoms with Crippen molar-refractivity contribution in [3.05, 3.63) is 23.2 Å². The number of benzene rings is 1. The third-order valence-corrected chi connectivity index (χ3v) is 3.12. The number of methoxy groups -OCH3 is 1. The van der Waals surface area contributed by atoms with Crippen molar-refractivity contribution in [1.82, 2.24) is 4.90 Å². The lowest BCUT2D eigenvalue weighted by Crippen LogP contribution is -2.34. The molecule has 1 N–H and O–H groups in total. The Labute approximate surface area is 126 Å². The molecule has 1 amide bonds. The van der Waals surface area contributed by atoms with Crippen LogP contribution in [0.5, 0.6) is 5.75 Å². The van der Waals surface area contributed by atoms with Gasteiger partial charge in [0.2, 0.25) is 5.91 Å². The smallest absolute Gasteiger partial charge is 0.238 e. The van der Waals surface area contributed by atoms with Gasteiger partial charge in [-0.05, 0) is 44.1 Å². The number of hydrogen-bond donors (Lipinski definition) is 1. The zero-order valence-corrected chi connectivity index (χ0v) is 13.2. The van der Waals surface area contributed by atoms with Gasteiger partial charge >= 0.3 is 0 Å². The van der Waals surface area contributed by atoms with Crippen molar-refractivity contribution in [2.24, 2.45) is 0 Å². The van der Waals surface area contributed by atoms with E-state index in [-0.39, 0.29) is 5.91 Å². The topological polar surface area (TPSA) is 41.6 Å². The van der Waals surface area contributed by atoms with Crippen LogP contribution in [0.25, 0.3) is 0 Å². The van der Waals surface area contributed by atoms with Gasteiger partial charge in [-0.1, -0.05) is 25.4 Å². The second-order valence-electron chi connectivity index (χ2n) is 4.67. The normalized spacial score (nSPS) is 10.7. The Bertz CT molecular complexity index is 432. The Kier molecular flexibility index (Phi) is 7.41. The summed E-state index contributed by atoms with van der Waals surface area (Å²) in [6, 6.07) is 5.17. The lowest BCUT2D eigenvalue weighted by molar-refractivity contribution is -0.117. The summed E-state index contributed by atoms with van der Waals surface area (Å²) in [4.78, 5) is 14.2. The molecule has 0 saturated heterocycles. The molecule has 1 rings (SSSR count). The highest BCUT2D eigenvalue weighted by Crippen LogP contribution is 2.27. The maximum absolute atomic E-state index is 12.1. The van der Waals surface area contributed by atoms with E-state index in [9.17, 15) is 4.79 Å². The number of amides is 1. The summed E-state index contributed by atoms with van der Waals surface area (Å²) in [5.41, 5.74) is 0.609. The molecule has 0 aliphatic carbocycles. The molecule has 0 unspecified atom stereocenters. The average Bonchev–Trinajstić information content (AvgIpc) is 2.39. The first-order valence-corrected chi connectivity index (χ1v) is 7.34. The van der Waals surface area contributed by atoms with Crippen LogP contribution in [0.4, 0.5) is 5.69 Å². The van der Waals surface area contributed by atoms with Gasteiger partial charge in [0.15, 0.2) is 0 Å². The lowest BCUT2D eigenvalue weighted by Gasteiger charge is -2.20. The fraction of sp³-hybridized carbons (Fsp3) is 0.533. The Morgan fingerprint density at radius 3 is 2.50 bits per heavy atom. The molecule has 0 heterocycles. The highest BCUT2D eigenvalue weighted by atomic mass is 35.5. The SMILES string of the molecule is CCCN(CCC)CC(=O)Nc1cc(Cl)ccc1OC. The van der Waals surface area contributed by atoms with Crippen molar-refractivity contribution < 1.29 is 9.53 Å². The zero-order valence-electron chi connectivity index (χ0n) is 12.4. The predicted molar refractivity (Wildman–Crippen MR) is 83.7 cm³/mol. The first-order chi connectivity index (χ1) is 9.60. The molecule has 5 heteroatoms. The van der Waals surface area contributed by atoms with Crippen LogP contribution in [0, 0.1) is 0 Å². The lowest BCUT2D eigenvalue weighted by atomic mass is 10.3. The van der Waals surface area contributed by atoms with Gasteiger partial charge in [-0.25, -0.2) is 0 Å². The number of carbonyl (C=O) groups excluding carboxylic acids is 1. The van der Waals surface area contributed by atoms with E-state index in [1.807, 2.05) is 0 Å². The van der Waals surface area contributed by atoms with Crippen LogP contribution in [-0.4, -0.2) is 37.6 Å². The fourth-order valence-corrected chi connectivity index (χ4v) is 2.25. The van der Waals surface area contributed by atoms with E-state index in [1.165, 1.54) is 0 Å². The van der Waals surface area contributed by atoms with Crippen molar-refractivity contribution in [3.8, 4) is 5.75 Å². The van der Waals surface area contributed by atoms with Crippen molar-refractivity contribution in [2.75, 3.05) is 32.1 Å². The molecule has 0 aliphatic heterocycles. The van der Waals surface area contributed by atoms with E-state index in [4.69, 9.17) is 16.3 Å². The molecule has 4 nitrogen and oxygen atoms in total. The van der Waals surface area contributed by atoms with Crippen LogP contribution < -0.4 is 10.1 Å². The Hall–Kier alpha value is -1.26. The quantitative estimate of drug-likeness (QED) is 0.799. The first kappa shape index (κ1) is 16.8. The Morgan fingerprint density at radius 2 is 1.95 bits per heavy atom. The molecule has 0 saturated carbocycles. The molecule has 20 heavy (non-hydrogen) atoms. The van der Waals surface area contributed by atoms with Gasteiger partial charge in [0.1, 0.15) is 5.75 Å². The molecule has 112 valence electrons. The number of rotatable bonds is 8. The summed E-state index contributed by atoms with van der Waals surface area (Å²) in [6.07, 6.45) is 2.07. The maximum atomic E-state index is 12.1. The average molecular weight is 299 g/mol. The third-order valence-electron chi connectivity index (χ3n) is 2.88. The van der Waals surface area contributed by atoms with Crippen LogP contribution in [0.1, 0.15) is 26.7 Å². The minimum absolute atomic E-state index is 0.0486. The van der Waals surface area contributed by atoms with Gasteiger partial charge in [0.05, 0.1) is 19.3 Å². The van der Waals surface area contributed by atoms with E-state index in [0.717, 1.165) is 25.9 Å². The number of nitrogens with zero attached hydrogens (tertiary/aromatic N) is 1. The van der Waals surface area contributed by atoms with Crippen LogP contribution >= 0.6 is 11.6 Å². The van der Waals surface area contributed by atoms with Crippen LogP contribution in [0.3, 0.4) is 0 Å². The molecule has 0 bridgehead atoms. The van der Waals surface area contributed by atoms with Crippen molar-refractivity contribution in [1.29, 1.82) is 0 Å². The molecule has 0 atom stereocenters. The highest BCUT2D eigenvalue weighted by Gasteiger charge is 2.12. The van der Waals surface area contributed by atoms with Gasteiger partial charge in [0, 0.05) is 5.02 Å². The van der Waals surface area contributed by atoms with Crippen LogP contribution in [0.2, 0.25) is 5.02 Å². The zero-order chi connectivity index (χ0) is 15.0. The predicted octanol–water partition coefficient (Wildman–Crippen LogP) is 3.41. The van der Waals surface area contributed by atoms with E-state index in [0.29, 0.717) is 23.0 Å². The summed E-state index contributed by atoms with van der Waals surface area (Å²) in [6.45, 7) is 6.46. The largest absolute Gasteiger partial charge is 0.495 e. The monoisotopic (exact) mass is 298 g/mol. The fourth-order valence-electron chi connectivity index (χ4n) is 2.07. The standard InChI is InChI=1S/C15H23ClN2O2/c1-4-8-18(9-5-2)11-15(19)17-13-10-12(16)6-7-14(13)20-3/h6-7,10H,4-5,8-9,11H2,1-3H3,(H,17,19). The molecule has 0 radical (unpaired) electrons. The summed E-state index contributed by atoms with van der Waals surface area (Å²) < 4.78 is 5.21. The van der Waals surface area contributed by atoms with Crippen molar-refractivity contribution in [3.63, 3.8) is 0 Å². The molecule has 0 aromatic heterocycles. The number of carbonyl (C=O) groups is 1. The number of ether oxygens (including phenoxy) is 1. The molecular formula is C15H23ClN2O2. The Morgan fingerprint density at radius 1 is 1.30 bits per heavy atom. The first-order valence-electron chi connectivity index (χ1n) is 6.96. The second-order valence-corrected chi connectivity index (χ2v) is 5.11. The van der Waals surface area contributed by atoms with Gasteiger partial charge in [-0.3, -0.25) is 9.69 Å². The van der Waals surface area contributed by atoms with Crippen LogP contribution in [-0.2, 0) is 4.79 Å². The minimum Gasteiger partial charge on any atom is -0.495 e. The summed E-state index contributed by atoms with van der Waals surface area (Å²) in [7, 11) is 1.57. The van der Waals surface area contributed by atoms with Crippen molar-refractivity contribution >= 4 is 23.2 Å². The summed E-state index contributed by atoms with van der Waals surface area (Å²) >= 11 is 5.95. The molecule has 0 spiro atoms. The van der Waals surface area contributed by atoms with E-state index < -0.39 is 0 Å². The number of nitrogens with one attached hydrogen (secondary N) is 1. The third kappa shape index (κ3) is 5.39. The summed E-state index contributed by atoms with van der Waals surface area (Å²) in [5, 5.41) is 3.43. The van der Waals surface area contributed by atoms with Crippen LogP contribution in [0.15, 0.2) is 18.2 Å². The number of hydrogen-bond acceptors (Lipinski definition) is 3. The molecule has 1 aromatic carbocycles. The Balaban J connectivity index is 2.67. The number of halogens is 1. The summed E-state index contributed by atoms with van der Waals surface area (Å²) in [5.74, 6) is 0.563. The molecular weight excluding hydrogens is 276 g/mol. The van der Waals surface area contributed by atoms with E-state index in [2.05, 4.69) is 24.1 Å². The van der Waals surface area contributed by atoms with Crippen molar-refractivity contribution in [2.45, 2.75) is 26.7 Å². The van der Waals surface area contributed by atoms with Gasteiger partial charge in [-0.15, -0.1) is 0 Å². The molecule has 0 fully saturated rings. The number of anilines is 1. The van der Waals surface area contributed by atoms with E-state index in [1.54, 1.807) is 25.3 Å². The van der Waals surface area contributed by atoms with Gasteiger partial charge < -0.3 is 10.1 Å². The maximum Gasteiger partial charge on any atom is 0.238 e.